The van der Waals surface area contributed by atoms with E-state index in [0.29, 0.717) is 49.0 Å². The molecule has 54 heavy (non-hydrogen) atoms. The van der Waals surface area contributed by atoms with Gasteiger partial charge in [-0.1, -0.05) is 25.0 Å². The maximum atomic E-state index is 14.6. The lowest BCUT2D eigenvalue weighted by atomic mass is 10.0. The fourth-order valence-corrected chi connectivity index (χ4v) is 8.68. The summed E-state index contributed by atoms with van der Waals surface area (Å²) < 4.78 is 49.2. The second kappa shape index (κ2) is 14.0. The van der Waals surface area contributed by atoms with Crippen molar-refractivity contribution in [2.45, 2.75) is 107 Å². The molecule has 0 unspecified atom stereocenters. The number of amides is 4. The Hall–Kier alpha value is -4.93. The van der Waals surface area contributed by atoms with Crippen LogP contribution in [0.2, 0.25) is 0 Å². The number of hydrogen-bond acceptors (Lipinski definition) is 10. The summed E-state index contributed by atoms with van der Waals surface area (Å²) in [5.74, 6) is -3.36. The SMILES string of the molecule is Cc1cc(C(=O)N[C@H]2CCCCC/C=C\[C@@H]3C[C@@]3(C(=O)NS(=O)(=O)C3(C)CC3)NC(=O)[C@@H]3C[C@@H](Oc4nc5cc(F)ccc5nc4C)CN3C2=O)n(C)n1. The van der Waals surface area contributed by atoms with Gasteiger partial charge in [-0.2, -0.15) is 5.10 Å². The minimum atomic E-state index is -4.01. The molecule has 4 amide bonds. The number of halogens is 1. The van der Waals surface area contributed by atoms with Crippen LogP contribution in [-0.4, -0.2) is 91.7 Å². The number of carbonyl (C=O) groups excluding carboxylic acids is 4. The van der Waals surface area contributed by atoms with Gasteiger partial charge >= 0.3 is 0 Å². The van der Waals surface area contributed by atoms with Gasteiger partial charge in [0.05, 0.1) is 28.0 Å². The summed E-state index contributed by atoms with van der Waals surface area (Å²) in [5, 5.41) is 9.99. The first-order chi connectivity index (χ1) is 25.6. The first-order valence-corrected chi connectivity index (χ1v) is 19.9. The van der Waals surface area contributed by atoms with Crippen molar-refractivity contribution >= 4 is 44.7 Å². The van der Waals surface area contributed by atoms with E-state index in [4.69, 9.17) is 4.74 Å². The van der Waals surface area contributed by atoms with Gasteiger partial charge < -0.3 is 20.3 Å². The number of nitrogens with one attached hydrogen (secondary N) is 3. The van der Waals surface area contributed by atoms with Crippen molar-refractivity contribution in [3.8, 4) is 5.88 Å². The molecule has 1 aromatic carbocycles. The van der Waals surface area contributed by atoms with Crippen LogP contribution < -0.4 is 20.1 Å². The molecule has 0 radical (unpaired) electrons. The largest absolute Gasteiger partial charge is 0.471 e. The second-order valence-corrected chi connectivity index (χ2v) is 17.5. The van der Waals surface area contributed by atoms with E-state index in [2.05, 4.69) is 30.4 Å². The van der Waals surface area contributed by atoms with Crippen LogP contribution in [0.15, 0.2) is 36.4 Å². The second-order valence-electron chi connectivity index (χ2n) is 15.3. The molecular weight excluding hydrogens is 720 g/mol. The van der Waals surface area contributed by atoms with E-state index in [0.717, 1.165) is 12.8 Å². The summed E-state index contributed by atoms with van der Waals surface area (Å²) in [5.41, 5.74) is 0.496. The quantitative estimate of drug-likeness (QED) is 0.301. The van der Waals surface area contributed by atoms with Crippen LogP contribution in [0.1, 0.15) is 86.6 Å². The number of ether oxygens (including phenoxy) is 1. The first-order valence-electron chi connectivity index (χ1n) is 18.4. The standard InChI is InChI=1S/C37H45FN8O7S/c1-21-16-29(45(4)43-21)31(47)40-27-11-9-7-5-6-8-10-23-19-37(23,35(50)44-54(51,52)36(3)14-15-36)42-32(48)30-18-25(20-46(30)34(27)49)53-33-22(2)39-26-13-12-24(38)17-28(26)41-33/h8,10,12-13,16-17,23,25,27,30H,5-7,9,11,14-15,18-20H2,1-4H3,(H,40,47)(H,42,48)(H,44,50)/b10-8-/t23-,25-,27+,30+,37-/m1/s1. The van der Waals surface area contributed by atoms with Gasteiger partial charge in [0.2, 0.25) is 27.7 Å². The molecule has 0 bridgehead atoms. The van der Waals surface area contributed by atoms with E-state index >= 15 is 0 Å². The highest BCUT2D eigenvalue weighted by Crippen LogP contribution is 2.47. The molecule has 5 atom stereocenters. The zero-order valence-electron chi connectivity index (χ0n) is 30.7. The number of aromatic nitrogens is 4. The Morgan fingerprint density at radius 3 is 2.57 bits per heavy atom. The monoisotopic (exact) mass is 764 g/mol. The van der Waals surface area contributed by atoms with Crippen molar-refractivity contribution in [1.29, 1.82) is 0 Å². The molecule has 3 fully saturated rings. The number of sulfonamides is 1. The molecular formula is C37H45FN8O7S. The number of benzene rings is 1. The molecule has 3 aromatic rings. The molecule has 7 rings (SSSR count). The Morgan fingerprint density at radius 2 is 1.85 bits per heavy atom. The Morgan fingerprint density at radius 1 is 1.07 bits per heavy atom. The lowest BCUT2D eigenvalue weighted by Crippen LogP contribution is -2.58. The van der Waals surface area contributed by atoms with Crippen molar-refractivity contribution in [2.75, 3.05) is 6.54 Å². The van der Waals surface area contributed by atoms with Crippen LogP contribution in [0.3, 0.4) is 0 Å². The first kappa shape index (κ1) is 37.4. The third kappa shape index (κ3) is 7.29. The molecule has 15 nitrogen and oxygen atoms in total. The highest BCUT2D eigenvalue weighted by atomic mass is 32.2. The number of aryl methyl sites for hydroxylation is 3. The van der Waals surface area contributed by atoms with Crippen LogP contribution in [0.4, 0.5) is 4.39 Å². The number of fused-ring (bicyclic) bond motifs is 3. The van der Waals surface area contributed by atoms with E-state index in [1.165, 1.54) is 27.8 Å². The maximum Gasteiger partial charge on any atom is 0.270 e. The minimum Gasteiger partial charge on any atom is -0.471 e. The summed E-state index contributed by atoms with van der Waals surface area (Å²) in [7, 11) is -2.37. The van der Waals surface area contributed by atoms with Gasteiger partial charge in [0.15, 0.2) is 0 Å². The average Bonchev–Trinajstić information content (AvgIpc) is 3.94. The predicted molar refractivity (Wildman–Crippen MR) is 194 cm³/mol. The van der Waals surface area contributed by atoms with Crippen LogP contribution >= 0.6 is 0 Å². The van der Waals surface area contributed by atoms with E-state index in [1.807, 2.05) is 12.2 Å². The zero-order chi connectivity index (χ0) is 38.6. The van der Waals surface area contributed by atoms with E-state index < -0.39 is 73.9 Å². The molecule has 3 N–H and O–H groups in total. The molecule has 2 saturated carbocycles. The molecule has 2 aliphatic carbocycles. The molecule has 1 saturated heterocycles. The minimum absolute atomic E-state index is 0.0178. The molecule has 2 aliphatic heterocycles. The Labute approximate surface area is 312 Å². The average molecular weight is 765 g/mol. The maximum absolute atomic E-state index is 14.6. The Kier molecular flexibility index (Phi) is 9.73. The fraction of sp³-hybridized carbons (Fsp3) is 0.541. The van der Waals surface area contributed by atoms with E-state index in [-0.39, 0.29) is 36.5 Å². The van der Waals surface area contributed by atoms with Gasteiger partial charge in [0, 0.05) is 25.5 Å². The normalized spacial score (nSPS) is 27.5. The molecule has 0 spiro atoms. The van der Waals surface area contributed by atoms with Crippen LogP contribution in [0.5, 0.6) is 5.88 Å². The summed E-state index contributed by atoms with van der Waals surface area (Å²) in [6, 6.07) is 3.47. The van der Waals surface area contributed by atoms with Crippen LogP contribution in [0, 0.1) is 25.6 Å². The number of rotatable bonds is 7. The third-order valence-corrected chi connectivity index (χ3v) is 13.2. The van der Waals surface area contributed by atoms with Gasteiger partial charge in [0.25, 0.3) is 11.8 Å². The Balaban J connectivity index is 1.20. The number of nitrogens with zero attached hydrogens (tertiary/aromatic N) is 5. The Bertz CT molecular complexity index is 2170. The molecule has 4 heterocycles. The van der Waals surface area contributed by atoms with Crippen molar-refractivity contribution < 1.29 is 36.7 Å². The highest BCUT2D eigenvalue weighted by molar-refractivity contribution is 7.91. The number of allylic oxidation sites excluding steroid dienone is 1. The van der Waals surface area contributed by atoms with Crippen LogP contribution in [0.25, 0.3) is 11.0 Å². The van der Waals surface area contributed by atoms with Crippen LogP contribution in [-0.2, 0) is 31.5 Å². The van der Waals surface area contributed by atoms with Crippen molar-refractivity contribution in [2.24, 2.45) is 13.0 Å². The molecule has 17 heteroatoms. The zero-order valence-corrected chi connectivity index (χ0v) is 31.5. The highest BCUT2D eigenvalue weighted by Gasteiger charge is 2.63. The fourth-order valence-electron chi connectivity index (χ4n) is 7.37. The van der Waals surface area contributed by atoms with Gasteiger partial charge in [-0.25, -0.2) is 22.8 Å². The van der Waals surface area contributed by atoms with E-state index in [1.54, 1.807) is 33.9 Å². The third-order valence-electron chi connectivity index (χ3n) is 11.1. The summed E-state index contributed by atoms with van der Waals surface area (Å²) in [6.07, 6.45) is 7.10. The molecule has 2 aromatic heterocycles. The van der Waals surface area contributed by atoms with Gasteiger partial charge in [-0.3, -0.25) is 28.6 Å². The molecule has 4 aliphatic rings. The lowest BCUT2D eigenvalue weighted by Gasteiger charge is -2.30. The molecule has 288 valence electrons. The summed E-state index contributed by atoms with van der Waals surface area (Å²) >= 11 is 0. The van der Waals surface area contributed by atoms with Crippen molar-refractivity contribution in [3.63, 3.8) is 0 Å². The smallest absolute Gasteiger partial charge is 0.270 e. The summed E-state index contributed by atoms with van der Waals surface area (Å²) in [6.45, 7) is 4.93. The topological polar surface area (TPSA) is 195 Å². The van der Waals surface area contributed by atoms with E-state index in [9.17, 15) is 32.0 Å². The number of hydrogen-bond donors (Lipinski definition) is 3. The lowest BCUT2D eigenvalue weighted by molar-refractivity contribution is -0.141. The number of carbonyl (C=O) groups is 4. The summed E-state index contributed by atoms with van der Waals surface area (Å²) in [4.78, 5) is 66.6. The van der Waals surface area contributed by atoms with Gasteiger partial charge in [0.1, 0.15) is 40.9 Å². The van der Waals surface area contributed by atoms with Gasteiger partial charge in [-0.15, -0.1) is 0 Å². The predicted octanol–water partition coefficient (Wildman–Crippen LogP) is 2.66. The van der Waals surface area contributed by atoms with Crippen molar-refractivity contribution in [3.05, 3.63) is 59.3 Å². The van der Waals surface area contributed by atoms with Crippen molar-refractivity contribution in [1.82, 2.24) is 40.0 Å². The van der Waals surface area contributed by atoms with Gasteiger partial charge in [-0.05, 0) is 77.5 Å².